The summed E-state index contributed by atoms with van der Waals surface area (Å²) in [6.45, 7) is 2.34. The molecule has 104 valence electrons. The van der Waals surface area contributed by atoms with Gasteiger partial charge < -0.3 is 16.4 Å². The first-order valence-electron chi connectivity index (χ1n) is 6.26. The van der Waals surface area contributed by atoms with Gasteiger partial charge in [-0.25, -0.2) is 4.39 Å². The minimum Gasteiger partial charge on any atom is -0.399 e. The summed E-state index contributed by atoms with van der Waals surface area (Å²) in [5.74, 6) is -0.943. The molecule has 1 amide bonds. The van der Waals surface area contributed by atoms with Gasteiger partial charge in [-0.05, 0) is 37.3 Å². The van der Waals surface area contributed by atoms with E-state index in [-0.39, 0.29) is 5.82 Å². The highest BCUT2D eigenvalue weighted by Crippen LogP contribution is 2.31. The van der Waals surface area contributed by atoms with E-state index in [1.165, 1.54) is 6.07 Å². The molecule has 2 aromatic carbocycles. The standard InChI is InChI=1S/C15H16FN3O/c1-2-19(13-6-4-3-5-12(13)16)14-9-10(17)7-8-11(14)15(18)20/h3-9H,2,17H2,1H3,(H2,18,20). The van der Waals surface area contributed by atoms with Gasteiger partial charge in [0.05, 0.1) is 16.9 Å². The smallest absolute Gasteiger partial charge is 0.250 e. The molecule has 2 rings (SSSR count). The lowest BCUT2D eigenvalue weighted by Gasteiger charge is -2.25. The van der Waals surface area contributed by atoms with Crippen LogP contribution in [0.25, 0.3) is 0 Å². The fourth-order valence-electron chi connectivity index (χ4n) is 2.12. The molecule has 5 heteroatoms. The topological polar surface area (TPSA) is 72.3 Å². The zero-order chi connectivity index (χ0) is 14.7. The number of para-hydroxylation sites is 1. The number of benzene rings is 2. The fourth-order valence-corrected chi connectivity index (χ4v) is 2.12. The van der Waals surface area contributed by atoms with Crippen LogP contribution in [0.5, 0.6) is 0 Å². The van der Waals surface area contributed by atoms with Crippen LogP contribution in [0, 0.1) is 5.82 Å². The maximum Gasteiger partial charge on any atom is 0.250 e. The Balaban J connectivity index is 2.60. The van der Waals surface area contributed by atoms with Crippen molar-refractivity contribution < 1.29 is 9.18 Å². The lowest BCUT2D eigenvalue weighted by molar-refractivity contribution is 0.100. The van der Waals surface area contributed by atoms with Crippen LogP contribution in [0.2, 0.25) is 0 Å². The Hall–Kier alpha value is -2.56. The van der Waals surface area contributed by atoms with Gasteiger partial charge in [-0.2, -0.15) is 0 Å². The Morgan fingerprint density at radius 3 is 2.50 bits per heavy atom. The lowest BCUT2D eigenvalue weighted by atomic mass is 10.1. The van der Waals surface area contributed by atoms with Crippen LogP contribution in [0.1, 0.15) is 17.3 Å². The van der Waals surface area contributed by atoms with E-state index in [4.69, 9.17) is 11.5 Å². The molecule has 0 heterocycles. The zero-order valence-electron chi connectivity index (χ0n) is 11.1. The SMILES string of the molecule is CCN(c1ccccc1F)c1cc(N)ccc1C(N)=O. The number of nitrogen functional groups attached to an aromatic ring is 1. The Kier molecular flexibility index (Phi) is 3.89. The van der Waals surface area contributed by atoms with Gasteiger partial charge in [0.15, 0.2) is 0 Å². The van der Waals surface area contributed by atoms with Crippen molar-refractivity contribution in [2.45, 2.75) is 6.92 Å². The van der Waals surface area contributed by atoms with Crippen LogP contribution in [0.3, 0.4) is 0 Å². The summed E-state index contributed by atoms with van der Waals surface area (Å²) in [4.78, 5) is 13.2. The van der Waals surface area contributed by atoms with Crippen molar-refractivity contribution in [1.82, 2.24) is 0 Å². The molecule has 0 spiro atoms. The number of nitrogens with two attached hydrogens (primary N) is 2. The second-order valence-corrected chi connectivity index (χ2v) is 4.34. The molecule has 0 atom stereocenters. The number of primary amides is 1. The summed E-state index contributed by atoms with van der Waals surface area (Å²) in [6.07, 6.45) is 0. The molecular formula is C15H16FN3O. The van der Waals surface area contributed by atoms with Crippen LogP contribution >= 0.6 is 0 Å². The Bertz CT molecular complexity index is 643. The average molecular weight is 273 g/mol. The molecule has 0 saturated heterocycles. The van der Waals surface area contributed by atoms with Gasteiger partial charge in [-0.1, -0.05) is 12.1 Å². The van der Waals surface area contributed by atoms with Gasteiger partial charge in [0.25, 0.3) is 5.91 Å². The fraction of sp³-hybridized carbons (Fsp3) is 0.133. The van der Waals surface area contributed by atoms with E-state index in [0.29, 0.717) is 29.2 Å². The van der Waals surface area contributed by atoms with E-state index in [2.05, 4.69) is 0 Å². The Labute approximate surface area is 116 Å². The quantitative estimate of drug-likeness (QED) is 0.841. The first kappa shape index (κ1) is 13.9. The molecule has 0 aliphatic rings. The van der Waals surface area contributed by atoms with Gasteiger partial charge in [-0.15, -0.1) is 0 Å². The van der Waals surface area contributed by atoms with Crippen LogP contribution < -0.4 is 16.4 Å². The van der Waals surface area contributed by atoms with Gasteiger partial charge >= 0.3 is 0 Å². The number of hydrogen-bond acceptors (Lipinski definition) is 3. The van der Waals surface area contributed by atoms with E-state index in [1.54, 1.807) is 41.3 Å². The van der Waals surface area contributed by atoms with Gasteiger partial charge in [-0.3, -0.25) is 4.79 Å². The molecule has 0 aliphatic carbocycles. The van der Waals surface area contributed by atoms with E-state index in [9.17, 15) is 9.18 Å². The first-order valence-corrected chi connectivity index (χ1v) is 6.26. The third-order valence-electron chi connectivity index (χ3n) is 3.04. The van der Waals surface area contributed by atoms with Crippen LogP contribution in [-0.4, -0.2) is 12.5 Å². The monoisotopic (exact) mass is 273 g/mol. The highest BCUT2D eigenvalue weighted by molar-refractivity contribution is 6.00. The highest BCUT2D eigenvalue weighted by Gasteiger charge is 2.17. The number of rotatable bonds is 4. The molecule has 2 aromatic rings. The summed E-state index contributed by atoms with van der Waals surface area (Å²) >= 11 is 0. The van der Waals surface area contributed by atoms with E-state index in [1.807, 2.05) is 6.92 Å². The number of nitrogens with zero attached hydrogens (tertiary/aromatic N) is 1. The summed E-state index contributed by atoms with van der Waals surface area (Å²) in [5, 5.41) is 0. The van der Waals surface area contributed by atoms with Crippen molar-refractivity contribution in [1.29, 1.82) is 0 Å². The van der Waals surface area contributed by atoms with Crippen molar-refractivity contribution in [2.24, 2.45) is 5.73 Å². The molecule has 0 unspecified atom stereocenters. The Morgan fingerprint density at radius 2 is 1.90 bits per heavy atom. The average Bonchev–Trinajstić information content (AvgIpc) is 2.41. The second kappa shape index (κ2) is 5.61. The highest BCUT2D eigenvalue weighted by atomic mass is 19.1. The van der Waals surface area contributed by atoms with Gasteiger partial charge in [0, 0.05) is 12.2 Å². The molecule has 0 aromatic heterocycles. The largest absolute Gasteiger partial charge is 0.399 e. The normalized spacial score (nSPS) is 10.3. The minimum absolute atomic E-state index is 0.310. The number of hydrogen-bond donors (Lipinski definition) is 2. The van der Waals surface area contributed by atoms with Gasteiger partial charge in [0.2, 0.25) is 0 Å². The maximum atomic E-state index is 14.0. The molecule has 20 heavy (non-hydrogen) atoms. The molecule has 4 nitrogen and oxygen atoms in total. The van der Waals surface area contributed by atoms with Crippen molar-refractivity contribution >= 4 is 23.0 Å². The minimum atomic E-state index is -0.574. The molecule has 0 aliphatic heterocycles. The number of halogens is 1. The zero-order valence-corrected chi connectivity index (χ0v) is 11.1. The summed E-state index contributed by atoms with van der Waals surface area (Å²) in [5.41, 5.74) is 12.8. The molecule has 4 N–H and O–H groups in total. The summed E-state index contributed by atoms with van der Waals surface area (Å²) in [6, 6.07) is 11.1. The van der Waals surface area contributed by atoms with Crippen molar-refractivity contribution in [3.8, 4) is 0 Å². The predicted molar refractivity (Wildman–Crippen MR) is 78.5 cm³/mol. The van der Waals surface area contributed by atoms with E-state index < -0.39 is 5.91 Å². The molecule has 0 fully saturated rings. The van der Waals surface area contributed by atoms with Gasteiger partial charge in [0.1, 0.15) is 5.82 Å². The third kappa shape index (κ3) is 2.56. The second-order valence-electron chi connectivity index (χ2n) is 4.34. The number of anilines is 3. The lowest BCUT2D eigenvalue weighted by Crippen LogP contribution is -2.22. The maximum absolute atomic E-state index is 14.0. The van der Waals surface area contributed by atoms with Crippen molar-refractivity contribution in [3.05, 3.63) is 53.8 Å². The van der Waals surface area contributed by atoms with E-state index in [0.717, 1.165) is 0 Å². The van der Waals surface area contributed by atoms with Crippen molar-refractivity contribution in [3.63, 3.8) is 0 Å². The molecule has 0 radical (unpaired) electrons. The van der Waals surface area contributed by atoms with Crippen LogP contribution in [-0.2, 0) is 0 Å². The number of carbonyl (C=O) groups is 1. The Morgan fingerprint density at radius 1 is 1.20 bits per heavy atom. The van der Waals surface area contributed by atoms with Crippen LogP contribution in [0.15, 0.2) is 42.5 Å². The molecule has 0 bridgehead atoms. The number of carbonyl (C=O) groups excluding carboxylic acids is 1. The number of amides is 1. The summed E-state index contributed by atoms with van der Waals surface area (Å²) in [7, 11) is 0. The predicted octanol–water partition coefficient (Wildman–Crippen LogP) is 2.66. The third-order valence-corrected chi connectivity index (χ3v) is 3.04. The van der Waals surface area contributed by atoms with E-state index >= 15 is 0 Å². The molecular weight excluding hydrogens is 257 g/mol. The van der Waals surface area contributed by atoms with Crippen molar-refractivity contribution in [2.75, 3.05) is 17.2 Å². The summed E-state index contributed by atoms with van der Waals surface area (Å²) < 4.78 is 14.0. The first-order chi connectivity index (χ1) is 9.54. The van der Waals surface area contributed by atoms with Crippen LogP contribution in [0.4, 0.5) is 21.5 Å². The molecule has 0 saturated carbocycles.